The van der Waals surface area contributed by atoms with Crippen molar-refractivity contribution < 1.29 is 17.9 Å². The third-order valence-corrected chi connectivity index (χ3v) is 4.58. The van der Waals surface area contributed by atoms with E-state index in [1.165, 1.54) is 7.11 Å². The molecule has 0 unspecified atom stereocenters. The molecule has 0 heterocycles. The van der Waals surface area contributed by atoms with Crippen LogP contribution >= 0.6 is 23.8 Å². The highest BCUT2D eigenvalue weighted by molar-refractivity contribution is 7.88. The topological polar surface area (TPSA) is 84.5 Å². The van der Waals surface area contributed by atoms with Crippen LogP contribution in [-0.2, 0) is 26.0 Å². The summed E-state index contributed by atoms with van der Waals surface area (Å²) in [7, 11) is -2.33. The molecule has 0 amide bonds. The fourth-order valence-corrected chi connectivity index (χ4v) is 3.46. The molecular formula is C18H19ClN2O4S2. The lowest BCUT2D eigenvalue weighted by atomic mass is 10.0. The molecule has 0 saturated heterocycles. The first kappa shape index (κ1) is 21.3. The van der Waals surface area contributed by atoms with Crippen molar-refractivity contribution in [2.75, 3.05) is 18.7 Å². The lowest BCUT2D eigenvalue weighted by molar-refractivity contribution is -0.142. The highest BCUT2D eigenvalue weighted by Gasteiger charge is 2.23. The number of esters is 1. The molecule has 0 spiro atoms. The summed E-state index contributed by atoms with van der Waals surface area (Å²) < 4.78 is 30.0. The van der Waals surface area contributed by atoms with Crippen molar-refractivity contribution in [1.29, 1.82) is 0 Å². The summed E-state index contributed by atoms with van der Waals surface area (Å²) in [5.74, 6) is -0.639. The first-order valence-corrected chi connectivity index (χ1v) is 10.6. The summed E-state index contributed by atoms with van der Waals surface area (Å²) in [4.78, 5) is 11.8. The Bertz CT molecular complexity index is 931. The van der Waals surface area contributed by atoms with Gasteiger partial charge < -0.3 is 10.1 Å². The van der Waals surface area contributed by atoms with E-state index in [9.17, 15) is 13.2 Å². The van der Waals surface area contributed by atoms with Crippen LogP contribution in [0, 0.1) is 0 Å². The van der Waals surface area contributed by atoms with Crippen molar-refractivity contribution >= 4 is 49.9 Å². The van der Waals surface area contributed by atoms with Crippen molar-refractivity contribution in [2.45, 2.75) is 12.5 Å². The van der Waals surface area contributed by atoms with E-state index in [1.807, 2.05) is 48.5 Å². The van der Waals surface area contributed by atoms with Crippen molar-refractivity contribution in [3.05, 3.63) is 54.1 Å². The summed E-state index contributed by atoms with van der Waals surface area (Å²) in [5, 5.41) is 2.87. The van der Waals surface area contributed by atoms with Gasteiger partial charge in [0.05, 0.1) is 13.4 Å². The van der Waals surface area contributed by atoms with E-state index in [0.717, 1.165) is 28.6 Å². The van der Waals surface area contributed by atoms with E-state index in [0.29, 0.717) is 0 Å². The lowest BCUT2D eigenvalue weighted by Gasteiger charge is -2.15. The van der Waals surface area contributed by atoms with E-state index < -0.39 is 22.0 Å². The fraction of sp³-hybridized carbons (Fsp3) is 0.222. The number of methoxy groups -OCH3 is 1. The van der Waals surface area contributed by atoms with Gasteiger partial charge in [-0.2, -0.15) is 0 Å². The molecule has 6 nitrogen and oxygen atoms in total. The molecule has 0 aliphatic carbocycles. The van der Waals surface area contributed by atoms with Crippen LogP contribution in [0.4, 0.5) is 5.69 Å². The van der Waals surface area contributed by atoms with Gasteiger partial charge in [-0.15, -0.1) is 0 Å². The summed E-state index contributed by atoms with van der Waals surface area (Å²) in [5.41, 5.74) is 3.48. The fourth-order valence-electron chi connectivity index (χ4n) is 2.53. The number of hydrogen-bond acceptors (Lipinski definition) is 5. The maximum absolute atomic E-state index is 11.8. The highest BCUT2D eigenvalue weighted by Crippen LogP contribution is 2.23. The standard InChI is InChI=1S/C18H19ClN2O4S2/c1-25-17(22)16(21-27(2,23)24)10-12-6-8-13(9-7-12)14-4-3-5-15(11-14)20-18(19)26/h3-9,11,16,21H,10H2,1-2H3,(H,20,26)/t16-/m0/s1. The molecule has 0 saturated carbocycles. The summed E-state index contributed by atoms with van der Waals surface area (Å²) >= 11 is 10.5. The predicted molar refractivity (Wildman–Crippen MR) is 111 cm³/mol. The number of halogens is 1. The van der Waals surface area contributed by atoms with Gasteiger partial charge in [-0.05, 0) is 47.5 Å². The maximum atomic E-state index is 11.8. The zero-order valence-corrected chi connectivity index (χ0v) is 17.1. The third kappa shape index (κ3) is 6.91. The van der Waals surface area contributed by atoms with Crippen LogP contribution in [0.15, 0.2) is 48.5 Å². The Labute approximate surface area is 168 Å². The van der Waals surface area contributed by atoms with Gasteiger partial charge in [0.1, 0.15) is 6.04 Å². The molecule has 0 bridgehead atoms. The number of anilines is 1. The molecule has 9 heteroatoms. The molecular weight excluding hydrogens is 408 g/mol. The van der Waals surface area contributed by atoms with Gasteiger partial charge in [0, 0.05) is 5.69 Å². The monoisotopic (exact) mass is 426 g/mol. The molecule has 0 radical (unpaired) electrons. The molecule has 0 aromatic heterocycles. The van der Waals surface area contributed by atoms with Crippen LogP contribution in [0.2, 0.25) is 0 Å². The molecule has 2 aromatic rings. The second-order valence-corrected chi connectivity index (χ2v) is 8.64. The van der Waals surface area contributed by atoms with Crippen molar-refractivity contribution in [2.24, 2.45) is 0 Å². The molecule has 1 atom stereocenters. The van der Waals surface area contributed by atoms with Gasteiger partial charge in [-0.1, -0.05) is 48.0 Å². The number of hydrogen-bond donors (Lipinski definition) is 2. The molecule has 2 N–H and O–H groups in total. The zero-order chi connectivity index (χ0) is 20.0. The van der Waals surface area contributed by atoms with E-state index >= 15 is 0 Å². The number of sulfonamides is 1. The minimum absolute atomic E-state index is 0.162. The first-order valence-electron chi connectivity index (χ1n) is 7.89. The smallest absolute Gasteiger partial charge is 0.324 e. The van der Waals surface area contributed by atoms with E-state index in [4.69, 9.17) is 23.8 Å². The third-order valence-electron chi connectivity index (χ3n) is 3.67. The quantitative estimate of drug-likeness (QED) is 0.306. The average Bonchev–Trinajstić information content (AvgIpc) is 2.59. The number of benzene rings is 2. The predicted octanol–water partition coefficient (Wildman–Crippen LogP) is 2.92. The second-order valence-electron chi connectivity index (χ2n) is 5.85. The molecule has 0 aliphatic heterocycles. The van der Waals surface area contributed by atoms with E-state index in [1.54, 1.807) is 0 Å². The van der Waals surface area contributed by atoms with E-state index in [-0.39, 0.29) is 10.9 Å². The number of ether oxygens (including phenoxy) is 1. The van der Waals surface area contributed by atoms with Crippen LogP contribution in [0.25, 0.3) is 11.1 Å². The van der Waals surface area contributed by atoms with Crippen molar-refractivity contribution in [1.82, 2.24) is 4.72 Å². The van der Waals surface area contributed by atoms with Crippen LogP contribution in [0.5, 0.6) is 0 Å². The van der Waals surface area contributed by atoms with Crippen LogP contribution in [-0.4, -0.2) is 38.2 Å². The Hall–Kier alpha value is -2.00. The number of thiocarbonyl (C=S) groups is 1. The second kappa shape index (κ2) is 9.27. The summed E-state index contributed by atoms with van der Waals surface area (Å²) in [6.45, 7) is 0. The van der Waals surface area contributed by atoms with Crippen LogP contribution < -0.4 is 10.0 Å². The van der Waals surface area contributed by atoms with Gasteiger partial charge in [0.15, 0.2) is 4.45 Å². The molecule has 0 fully saturated rings. The molecule has 144 valence electrons. The number of carbonyl (C=O) groups excluding carboxylic acids is 1. The first-order chi connectivity index (χ1) is 12.7. The Kier molecular flexibility index (Phi) is 7.32. The Morgan fingerprint density at radius 3 is 2.41 bits per heavy atom. The Morgan fingerprint density at radius 2 is 1.85 bits per heavy atom. The van der Waals surface area contributed by atoms with Gasteiger partial charge in [-0.3, -0.25) is 4.79 Å². The zero-order valence-electron chi connectivity index (χ0n) is 14.7. The number of rotatable bonds is 7. The normalized spacial score (nSPS) is 12.3. The van der Waals surface area contributed by atoms with E-state index in [2.05, 4.69) is 14.8 Å². The Balaban J connectivity index is 2.18. The van der Waals surface area contributed by atoms with Gasteiger partial charge in [-0.25, -0.2) is 13.1 Å². The SMILES string of the molecule is COC(=O)[C@H](Cc1ccc(-c2cccc(NC(=S)Cl)c2)cc1)NS(C)(=O)=O. The van der Waals surface area contributed by atoms with Crippen molar-refractivity contribution in [3.63, 3.8) is 0 Å². The molecule has 2 rings (SSSR count). The van der Waals surface area contributed by atoms with Gasteiger partial charge >= 0.3 is 5.97 Å². The minimum atomic E-state index is -3.54. The summed E-state index contributed by atoms with van der Waals surface area (Å²) in [6, 6.07) is 14.1. The molecule has 2 aromatic carbocycles. The summed E-state index contributed by atoms with van der Waals surface area (Å²) in [6.07, 6.45) is 1.18. The average molecular weight is 427 g/mol. The van der Waals surface area contributed by atoms with Crippen molar-refractivity contribution in [3.8, 4) is 11.1 Å². The Morgan fingerprint density at radius 1 is 1.19 bits per heavy atom. The van der Waals surface area contributed by atoms with Gasteiger partial charge in [0.25, 0.3) is 0 Å². The highest BCUT2D eigenvalue weighted by atomic mass is 35.5. The van der Waals surface area contributed by atoms with Crippen LogP contribution in [0.3, 0.4) is 0 Å². The number of carbonyl (C=O) groups is 1. The molecule has 0 aliphatic rings. The minimum Gasteiger partial charge on any atom is -0.468 e. The maximum Gasteiger partial charge on any atom is 0.324 e. The number of nitrogens with one attached hydrogen (secondary N) is 2. The van der Waals surface area contributed by atoms with Crippen LogP contribution in [0.1, 0.15) is 5.56 Å². The largest absolute Gasteiger partial charge is 0.468 e. The molecule has 27 heavy (non-hydrogen) atoms. The van der Waals surface area contributed by atoms with Gasteiger partial charge in [0.2, 0.25) is 10.0 Å². The lowest BCUT2D eigenvalue weighted by Crippen LogP contribution is -2.42.